The molecule has 1 aliphatic rings. The monoisotopic (exact) mass is 425 g/mol. The number of nitrogens with one attached hydrogen (secondary N) is 1. The first-order valence-corrected chi connectivity index (χ1v) is 11.6. The largest absolute Gasteiger partial charge is 0.495 e. The Labute approximate surface area is 167 Å². The van der Waals surface area contributed by atoms with Crippen LogP contribution in [0.2, 0.25) is 0 Å². The lowest BCUT2D eigenvalue weighted by molar-refractivity contribution is -0.114. The summed E-state index contributed by atoms with van der Waals surface area (Å²) >= 11 is 3.76. The molecule has 0 unspecified atom stereocenters. The summed E-state index contributed by atoms with van der Waals surface area (Å²) in [5.74, 6) is 2.51. The van der Waals surface area contributed by atoms with Crippen LogP contribution in [-0.4, -0.2) is 32.9 Å². The molecule has 0 atom stereocenters. The van der Waals surface area contributed by atoms with Crippen LogP contribution in [0.15, 0.2) is 47.4 Å². The molecule has 2 aromatic carbocycles. The van der Waals surface area contributed by atoms with Gasteiger partial charge < -0.3 is 14.2 Å². The molecule has 144 valence electrons. The second kappa shape index (κ2) is 8.45. The highest BCUT2D eigenvalue weighted by molar-refractivity contribution is 8.19. The maximum atomic E-state index is 12.6. The smallest absolute Gasteiger partial charge is 0.339 e. The summed E-state index contributed by atoms with van der Waals surface area (Å²) in [4.78, 5) is 11.3. The third-order valence-electron chi connectivity index (χ3n) is 3.75. The predicted octanol–water partition coefficient (Wildman–Crippen LogP) is 3.90. The molecule has 0 aromatic heterocycles. The zero-order valence-corrected chi connectivity index (χ0v) is 17.2. The number of thioether (sulfide) groups is 2. The molecule has 0 radical (unpaired) electrons. The standard InChI is InChI=1S/C18H19NO5S3/c1-12(20)19-16-11-15(7-8-17(16)23-2)27(21,22)24-14-5-3-13(4-6-14)18-25-9-10-26-18/h3-8,11,18H,9-10H2,1-2H3,(H,19,20). The SMILES string of the molecule is COc1ccc(S(=O)(=O)Oc2ccc(C3SCCS3)cc2)cc1NC(C)=O. The van der Waals surface area contributed by atoms with E-state index in [0.717, 1.165) is 17.1 Å². The normalized spacial score (nSPS) is 14.7. The maximum Gasteiger partial charge on any atom is 0.339 e. The van der Waals surface area contributed by atoms with Crippen molar-refractivity contribution in [1.82, 2.24) is 0 Å². The number of hydrogen-bond donors (Lipinski definition) is 1. The number of anilines is 1. The Bertz CT molecular complexity index is 923. The van der Waals surface area contributed by atoms with Crippen LogP contribution in [0.1, 0.15) is 17.1 Å². The first-order valence-electron chi connectivity index (χ1n) is 8.12. The number of ether oxygens (including phenoxy) is 1. The van der Waals surface area contributed by atoms with E-state index >= 15 is 0 Å². The number of carbonyl (C=O) groups excluding carboxylic acids is 1. The van der Waals surface area contributed by atoms with E-state index in [9.17, 15) is 13.2 Å². The van der Waals surface area contributed by atoms with Crippen LogP contribution in [0, 0.1) is 0 Å². The van der Waals surface area contributed by atoms with Crippen molar-refractivity contribution in [3.63, 3.8) is 0 Å². The van der Waals surface area contributed by atoms with Crippen molar-refractivity contribution in [2.24, 2.45) is 0 Å². The summed E-state index contributed by atoms with van der Waals surface area (Å²) in [6, 6.07) is 11.2. The van der Waals surface area contributed by atoms with Crippen LogP contribution in [0.4, 0.5) is 5.69 Å². The molecule has 0 aliphatic carbocycles. The van der Waals surface area contributed by atoms with Crippen LogP contribution in [0.25, 0.3) is 0 Å². The molecule has 9 heteroatoms. The average molecular weight is 426 g/mol. The van der Waals surface area contributed by atoms with Gasteiger partial charge in [-0.2, -0.15) is 8.42 Å². The van der Waals surface area contributed by atoms with E-state index in [1.165, 1.54) is 32.2 Å². The van der Waals surface area contributed by atoms with E-state index < -0.39 is 10.1 Å². The van der Waals surface area contributed by atoms with Gasteiger partial charge in [0.05, 0.1) is 17.4 Å². The Kier molecular flexibility index (Phi) is 6.23. The quantitative estimate of drug-likeness (QED) is 0.703. The fourth-order valence-corrected chi connectivity index (χ4v) is 6.35. The van der Waals surface area contributed by atoms with Crippen molar-refractivity contribution in [1.29, 1.82) is 0 Å². The molecule has 0 bridgehead atoms. The topological polar surface area (TPSA) is 81.7 Å². The molecule has 1 N–H and O–H groups in total. The molecule has 6 nitrogen and oxygen atoms in total. The highest BCUT2D eigenvalue weighted by atomic mass is 32.2. The Morgan fingerprint density at radius 1 is 1.11 bits per heavy atom. The molecule has 27 heavy (non-hydrogen) atoms. The van der Waals surface area contributed by atoms with Crippen LogP contribution >= 0.6 is 23.5 Å². The Hall–Kier alpha value is -1.84. The maximum absolute atomic E-state index is 12.6. The Balaban J connectivity index is 1.80. The van der Waals surface area contributed by atoms with Crippen LogP contribution in [-0.2, 0) is 14.9 Å². The van der Waals surface area contributed by atoms with Crippen molar-refractivity contribution < 1.29 is 22.1 Å². The summed E-state index contributed by atoms with van der Waals surface area (Å²) in [7, 11) is -2.61. The minimum atomic E-state index is -4.05. The fraction of sp³-hybridized carbons (Fsp3) is 0.278. The molecule has 1 saturated heterocycles. The second-order valence-electron chi connectivity index (χ2n) is 5.72. The lowest BCUT2D eigenvalue weighted by Crippen LogP contribution is -2.12. The molecular formula is C18H19NO5S3. The summed E-state index contributed by atoms with van der Waals surface area (Å²) < 4.78 is 36.0. The first kappa shape index (κ1) is 19.9. The van der Waals surface area contributed by atoms with E-state index in [1.54, 1.807) is 12.1 Å². The van der Waals surface area contributed by atoms with E-state index in [1.807, 2.05) is 35.7 Å². The summed E-state index contributed by atoms with van der Waals surface area (Å²) in [5, 5.41) is 2.55. The Morgan fingerprint density at radius 3 is 2.37 bits per heavy atom. The zero-order chi connectivity index (χ0) is 19.4. The van der Waals surface area contributed by atoms with Crippen molar-refractivity contribution in [3.05, 3.63) is 48.0 Å². The molecule has 0 saturated carbocycles. The van der Waals surface area contributed by atoms with E-state index in [-0.39, 0.29) is 22.2 Å². The van der Waals surface area contributed by atoms with E-state index in [4.69, 9.17) is 8.92 Å². The molecule has 0 spiro atoms. The van der Waals surface area contributed by atoms with Crippen LogP contribution < -0.4 is 14.2 Å². The molecule has 2 aromatic rings. The highest BCUT2D eigenvalue weighted by Gasteiger charge is 2.21. The lowest BCUT2D eigenvalue weighted by Gasteiger charge is -2.13. The number of methoxy groups -OCH3 is 1. The fourth-order valence-electron chi connectivity index (χ4n) is 2.54. The van der Waals surface area contributed by atoms with Gasteiger partial charge in [-0.05, 0) is 35.9 Å². The van der Waals surface area contributed by atoms with Gasteiger partial charge in [0, 0.05) is 18.4 Å². The third-order valence-corrected chi connectivity index (χ3v) is 8.10. The zero-order valence-electron chi connectivity index (χ0n) is 14.8. The molecule has 1 amide bonds. The second-order valence-corrected chi connectivity index (χ2v) is 9.99. The highest BCUT2D eigenvalue weighted by Crippen LogP contribution is 2.45. The van der Waals surface area contributed by atoms with Gasteiger partial charge in [-0.1, -0.05) is 12.1 Å². The van der Waals surface area contributed by atoms with Gasteiger partial charge in [-0.3, -0.25) is 4.79 Å². The number of rotatable bonds is 6. The molecule has 1 heterocycles. The third kappa shape index (κ3) is 4.91. The summed E-state index contributed by atoms with van der Waals surface area (Å²) in [6.07, 6.45) is 0. The van der Waals surface area contributed by atoms with Gasteiger partial charge in [-0.15, -0.1) is 23.5 Å². The van der Waals surface area contributed by atoms with Gasteiger partial charge >= 0.3 is 10.1 Å². The van der Waals surface area contributed by atoms with Crippen molar-refractivity contribution in [2.75, 3.05) is 23.9 Å². The number of amides is 1. The number of benzene rings is 2. The van der Waals surface area contributed by atoms with Gasteiger partial charge in [0.2, 0.25) is 5.91 Å². The van der Waals surface area contributed by atoms with Gasteiger partial charge in [-0.25, -0.2) is 0 Å². The van der Waals surface area contributed by atoms with Crippen molar-refractivity contribution in [3.8, 4) is 11.5 Å². The molecule has 1 fully saturated rings. The predicted molar refractivity (Wildman–Crippen MR) is 109 cm³/mol. The number of carbonyl (C=O) groups is 1. The van der Waals surface area contributed by atoms with Crippen LogP contribution in [0.5, 0.6) is 11.5 Å². The molecular weight excluding hydrogens is 406 g/mol. The van der Waals surface area contributed by atoms with Crippen molar-refractivity contribution in [2.45, 2.75) is 16.4 Å². The van der Waals surface area contributed by atoms with E-state index in [2.05, 4.69) is 5.32 Å². The molecule has 3 rings (SSSR count). The summed E-state index contributed by atoms with van der Waals surface area (Å²) in [6.45, 7) is 1.33. The average Bonchev–Trinajstić information content (AvgIpc) is 3.16. The van der Waals surface area contributed by atoms with Gasteiger partial charge in [0.1, 0.15) is 16.4 Å². The lowest BCUT2D eigenvalue weighted by atomic mass is 10.2. The van der Waals surface area contributed by atoms with E-state index in [0.29, 0.717) is 10.3 Å². The minimum absolute atomic E-state index is 0.0713. The molecule has 1 aliphatic heterocycles. The minimum Gasteiger partial charge on any atom is -0.495 e. The first-order chi connectivity index (χ1) is 12.9. The van der Waals surface area contributed by atoms with Gasteiger partial charge in [0.15, 0.2) is 0 Å². The summed E-state index contributed by atoms with van der Waals surface area (Å²) in [5.41, 5.74) is 1.41. The van der Waals surface area contributed by atoms with Crippen molar-refractivity contribution >= 4 is 45.2 Å². The van der Waals surface area contributed by atoms with Gasteiger partial charge in [0.25, 0.3) is 0 Å². The Morgan fingerprint density at radius 2 is 1.78 bits per heavy atom. The van der Waals surface area contributed by atoms with Crippen LogP contribution in [0.3, 0.4) is 0 Å². The number of hydrogen-bond acceptors (Lipinski definition) is 7.